The third-order valence-corrected chi connectivity index (χ3v) is 5.00. The maximum atomic E-state index is 9.85. The molecule has 0 aromatic rings. The summed E-state index contributed by atoms with van der Waals surface area (Å²) >= 11 is 1.87. The van der Waals surface area contributed by atoms with Crippen molar-refractivity contribution in [2.75, 3.05) is 11.5 Å². The minimum Gasteiger partial charge on any atom is -0.392 e. The Morgan fingerprint density at radius 1 is 1.36 bits per heavy atom. The second-order valence-electron chi connectivity index (χ2n) is 4.98. The van der Waals surface area contributed by atoms with Gasteiger partial charge in [-0.25, -0.2) is 0 Å². The van der Waals surface area contributed by atoms with Crippen LogP contribution in [0.4, 0.5) is 0 Å². The summed E-state index contributed by atoms with van der Waals surface area (Å²) in [5.74, 6) is 4.94. The highest BCUT2D eigenvalue weighted by molar-refractivity contribution is 7.99. The van der Waals surface area contributed by atoms with Crippen LogP contribution >= 0.6 is 11.8 Å². The Hall–Kier alpha value is 0.310. The fourth-order valence-corrected chi connectivity index (χ4v) is 3.98. The van der Waals surface area contributed by atoms with Crippen molar-refractivity contribution in [1.29, 1.82) is 0 Å². The molecular weight excluding hydrogens is 192 g/mol. The molecule has 0 amide bonds. The Morgan fingerprint density at radius 3 is 2.79 bits per heavy atom. The lowest BCUT2D eigenvalue weighted by atomic mass is 9.85. The first-order chi connectivity index (χ1) is 6.79. The van der Waals surface area contributed by atoms with Gasteiger partial charge in [0.1, 0.15) is 0 Å². The van der Waals surface area contributed by atoms with E-state index in [1.165, 1.54) is 25.7 Å². The van der Waals surface area contributed by atoms with Crippen LogP contribution in [0.25, 0.3) is 0 Å². The first kappa shape index (κ1) is 10.8. The summed E-state index contributed by atoms with van der Waals surface area (Å²) in [4.78, 5) is 0. The van der Waals surface area contributed by atoms with Gasteiger partial charge in [0, 0.05) is 5.75 Å². The third-order valence-electron chi connectivity index (χ3n) is 3.97. The highest BCUT2D eigenvalue weighted by Gasteiger charge is 2.39. The molecule has 4 unspecified atom stereocenters. The second-order valence-corrected chi connectivity index (χ2v) is 6.30. The van der Waals surface area contributed by atoms with Crippen molar-refractivity contribution < 1.29 is 5.11 Å². The molecule has 2 bridgehead atoms. The van der Waals surface area contributed by atoms with Crippen LogP contribution in [0.15, 0.2) is 0 Å². The summed E-state index contributed by atoms with van der Waals surface area (Å²) in [6, 6.07) is 0. The van der Waals surface area contributed by atoms with E-state index in [0.717, 1.165) is 35.7 Å². The number of aliphatic hydroxyl groups is 1. The van der Waals surface area contributed by atoms with Crippen LogP contribution in [0.3, 0.4) is 0 Å². The Bertz CT molecular complexity index is 183. The molecule has 0 radical (unpaired) electrons. The maximum Gasteiger partial charge on any atom is 0.0633 e. The smallest absolute Gasteiger partial charge is 0.0633 e. The van der Waals surface area contributed by atoms with Crippen LogP contribution in [0.2, 0.25) is 0 Å². The van der Waals surface area contributed by atoms with Crippen LogP contribution in [0.5, 0.6) is 0 Å². The zero-order chi connectivity index (χ0) is 9.97. The Labute approximate surface area is 91.7 Å². The predicted molar refractivity (Wildman–Crippen MR) is 62.6 cm³/mol. The molecule has 82 valence electrons. The lowest BCUT2D eigenvalue weighted by molar-refractivity contribution is 0.144. The van der Waals surface area contributed by atoms with Crippen LogP contribution in [-0.4, -0.2) is 22.7 Å². The zero-order valence-electron chi connectivity index (χ0n) is 9.11. The molecule has 1 N–H and O–H groups in total. The van der Waals surface area contributed by atoms with Crippen molar-refractivity contribution in [2.24, 2.45) is 17.8 Å². The molecule has 2 aliphatic rings. The van der Waals surface area contributed by atoms with Crippen LogP contribution < -0.4 is 0 Å². The highest BCUT2D eigenvalue weighted by Crippen LogP contribution is 2.49. The quantitative estimate of drug-likeness (QED) is 0.759. The van der Waals surface area contributed by atoms with Crippen molar-refractivity contribution in [2.45, 2.75) is 45.1 Å². The molecule has 0 aliphatic heterocycles. The van der Waals surface area contributed by atoms with Crippen LogP contribution in [-0.2, 0) is 0 Å². The molecule has 0 spiro atoms. The van der Waals surface area contributed by atoms with Gasteiger partial charge in [-0.1, -0.05) is 13.3 Å². The van der Waals surface area contributed by atoms with Gasteiger partial charge in [0.2, 0.25) is 0 Å². The monoisotopic (exact) mass is 214 g/mol. The number of aliphatic hydroxyl groups excluding tert-OH is 1. The number of thioether (sulfide) groups is 1. The molecule has 2 rings (SSSR count). The molecule has 0 heterocycles. The van der Waals surface area contributed by atoms with Gasteiger partial charge < -0.3 is 5.11 Å². The second kappa shape index (κ2) is 4.89. The van der Waals surface area contributed by atoms with Gasteiger partial charge in [-0.2, -0.15) is 11.8 Å². The van der Waals surface area contributed by atoms with Crippen molar-refractivity contribution >= 4 is 11.8 Å². The Balaban J connectivity index is 1.70. The van der Waals surface area contributed by atoms with E-state index in [2.05, 4.69) is 6.92 Å². The van der Waals surface area contributed by atoms with E-state index in [4.69, 9.17) is 0 Å². The van der Waals surface area contributed by atoms with Gasteiger partial charge in [-0.3, -0.25) is 0 Å². The average Bonchev–Trinajstić information content (AvgIpc) is 2.76. The van der Waals surface area contributed by atoms with Crippen LogP contribution in [0.1, 0.15) is 39.0 Å². The summed E-state index contributed by atoms with van der Waals surface area (Å²) in [7, 11) is 0. The van der Waals surface area contributed by atoms with Crippen molar-refractivity contribution in [3.8, 4) is 0 Å². The number of fused-ring (bicyclic) bond motifs is 2. The first-order valence-electron chi connectivity index (χ1n) is 6.05. The van der Waals surface area contributed by atoms with Crippen LogP contribution in [0, 0.1) is 17.8 Å². The van der Waals surface area contributed by atoms with Gasteiger partial charge in [-0.15, -0.1) is 0 Å². The molecule has 0 saturated heterocycles. The molecule has 2 aliphatic carbocycles. The summed E-state index contributed by atoms with van der Waals surface area (Å²) in [6.07, 6.45) is 6.85. The molecule has 14 heavy (non-hydrogen) atoms. The molecule has 1 nitrogen and oxygen atoms in total. The minimum atomic E-state index is -0.0377. The molecule has 4 atom stereocenters. The molecular formula is C12H22OS. The van der Waals surface area contributed by atoms with Gasteiger partial charge in [0.15, 0.2) is 0 Å². The summed E-state index contributed by atoms with van der Waals surface area (Å²) in [5, 5.41) is 9.85. The van der Waals surface area contributed by atoms with E-state index in [1.54, 1.807) is 0 Å². The first-order valence-corrected chi connectivity index (χ1v) is 7.20. The topological polar surface area (TPSA) is 20.2 Å². The third kappa shape index (κ3) is 2.46. The van der Waals surface area contributed by atoms with Crippen molar-refractivity contribution in [1.82, 2.24) is 0 Å². The zero-order valence-corrected chi connectivity index (χ0v) is 9.93. The van der Waals surface area contributed by atoms with E-state index in [-0.39, 0.29) is 6.10 Å². The number of rotatable bonds is 5. The Kier molecular flexibility index (Phi) is 3.78. The lowest BCUT2D eigenvalue weighted by Crippen LogP contribution is -2.20. The molecule has 0 aromatic carbocycles. The van der Waals surface area contributed by atoms with E-state index in [9.17, 15) is 5.11 Å². The average molecular weight is 214 g/mol. The van der Waals surface area contributed by atoms with Crippen molar-refractivity contribution in [3.63, 3.8) is 0 Å². The van der Waals surface area contributed by atoms with E-state index in [0.29, 0.717) is 0 Å². The fourth-order valence-electron chi connectivity index (χ4n) is 3.34. The largest absolute Gasteiger partial charge is 0.392 e. The summed E-state index contributed by atoms with van der Waals surface area (Å²) in [5.41, 5.74) is 0. The molecule has 2 fully saturated rings. The SMILES string of the molecule is CCSCC(O)CC1CC2CCC1C2. The number of hydrogen-bond acceptors (Lipinski definition) is 2. The lowest BCUT2D eigenvalue weighted by Gasteiger charge is -2.23. The highest BCUT2D eigenvalue weighted by atomic mass is 32.2. The molecule has 2 heteroatoms. The van der Waals surface area contributed by atoms with Gasteiger partial charge in [0.05, 0.1) is 6.10 Å². The van der Waals surface area contributed by atoms with Gasteiger partial charge in [-0.05, 0) is 49.2 Å². The van der Waals surface area contributed by atoms with Gasteiger partial charge >= 0.3 is 0 Å². The Morgan fingerprint density at radius 2 is 2.21 bits per heavy atom. The maximum absolute atomic E-state index is 9.85. The predicted octanol–water partition coefficient (Wildman–Crippen LogP) is 2.93. The molecule has 2 saturated carbocycles. The van der Waals surface area contributed by atoms with Crippen molar-refractivity contribution in [3.05, 3.63) is 0 Å². The molecule has 0 aromatic heterocycles. The fraction of sp³-hybridized carbons (Fsp3) is 1.00. The standard InChI is InChI=1S/C12H22OS/c1-2-14-8-12(13)7-11-6-9-3-4-10(11)5-9/h9-13H,2-8H2,1H3. The van der Waals surface area contributed by atoms with E-state index in [1.807, 2.05) is 11.8 Å². The summed E-state index contributed by atoms with van der Waals surface area (Å²) in [6.45, 7) is 2.16. The normalized spacial score (nSPS) is 37.7. The number of hydrogen-bond donors (Lipinski definition) is 1. The van der Waals surface area contributed by atoms with Gasteiger partial charge in [0.25, 0.3) is 0 Å². The summed E-state index contributed by atoms with van der Waals surface area (Å²) < 4.78 is 0. The minimum absolute atomic E-state index is 0.0377. The van der Waals surface area contributed by atoms with E-state index < -0.39 is 0 Å². The van der Waals surface area contributed by atoms with E-state index >= 15 is 0 Å².